The molecule has 0 radical (unpaired) electrons. The van der Waals surface area contributed by atoms with Crippen molar-refractivity contribution in [1.82, 2.24) is 5.32 Å². The van der Waals surface area contributed by atoms with E-state index in [1.165, 1.54) is 0 Å². The number of alkyl halides is 3. The van der Waals surface area contributed by atoms with E-state index < -0.39 is 11.7 Å². The van der Waals surface area contributed by atoms with E-state index in [2.05, 4.69) is 5.32 Å². The minimum absolute atomic E-state index is 0.0597. The molecule has 0 unspecified atom stereocenters. The van der Waals surface area contributed by atoms with Gasteiger partial charge in [-0.25, -0.2) is 0 Å². The number of halogens is 3. The van der Waals surface area contributed by atoms with Crippen LogP contribution in [0.1, 0.15) is 46.5 Å². The summed E-state index contributed by atoms with van der Waals surface area (Å²) in [4.78, 5) is 0. The number of hydrogen-bond donors (Lipinski definition) is 1. The van der Waals surface area contributed by atoms with Crippen molar-refractivity contribution in [3.63, 3.8) is 0 Å². The number of hydrogen-bond acceptors (Lipinski definition) is 1. The minimum atomic E-state index is -4.13. The van der Waals surface area contributed by atoms with Gasteiger partial charge in [-0.05, 0) is 37.6 Å². The molecule has 1 aliphatic carbocycles. The van der Waals surface area contributed by atoms with Gasteiger partial charge in [0.25, 0.3) is 0 Å². The summed E-state index contributed by atoms with van der Waals surface area (Å²) in [7, 11) is 0. The largest absolute Gasteiger partial charge is 0.406 e. The summed E-state index contributed by atoms with van der Waals surface area (Å²) >= 11 is 0. The van der Waals surface area contributed by atoms with Gasteiger partial charge < -0.3 is 5.32 Å². The number of rotatable bonds is 2. The first-order chi connectivity index (χ1) is 6.72. The van der Waals surface area contributed by atoms with Crippen molar-refractivity contribution < 1.29 is 13.2 Å². The lowest BCUT2D eigenvalue weighted by atomic mass is 9.69. The first-order valence-corrected chi connectivity index (χ1v) is 5.54. The van der Waals surface area contributed by atoms with E-state index in [1.54, 1.807) is 6.92 Å². The Bertz CT molecular complexity index is 210. The smallest absolute Gasteiger partial charge is 0.304 e. The molecular formula is C11H20F3N. The van der Waals surface area contributed by atoms with Gasteiger partial charge in [-0.15, -0.1) is 0 Å². The summed E-state index contributed by atoms with van der Waals surface area (Å²) in [6, 6.07) is 0. The highest BCUT2D eigenvalue weighted by molar-refractivity contribution is 5.00. The maximum Gasteiger partial charge on any atom is 0.406 e. The number of nitrogens with one attached hydrogen (secondary N) is 1. The second-order valence-corrected chi connectivity index (χ2v) is 5.27. The van der Waals surface area contributed by atoms with E-state index >= 15 is 0 Å². The fourth-order valence-electron chi connectivity index (χ4n) is 2.25. The minimum Gasteiger partial charge on any atom is -0.304 e. The van der Waals surface area contributed by atoms with E-state index in [4.69, 9.17) is 0 Å². The molecule has 0 spiro atoms. The molecule has 15 heavy (non-hydrogen) atoms. The lowest BCUT2D eigenvalue weighted by Crippen LogP contribution is -2.59. The molecule has 1 saturated carbocycles. The molecule has 4 heteroatoms. The van der Waals surface area contributed by atoms with Crippen molar-refractivity contribution in [1.29, 1.82) is 0 Å². The molecule has 90 valence electrons. The monoisotopic (exact) mass is 223 g/mol. The van der Waals surface area contributed by atoms with Gasteiger partial charge in [0.1, 0.15) is 5.54 Å². The van der Waals surface area contributed by atoms with Crippen molar-refractivity contribution >= 4 is 0 Å². The second-order valence-electron chi connectivity index (χ2n) is 5.27. The molecule has 1 aliphatic rings. The van der Waals surface area contributed by atoms with Gasteiger partial charge in [-0.3, -0.25) is 0 Å². The maximum absolute atomic E-state index is 13.0. The Kier molecular flexibility index (Phi) is 3.39. The van der Waals surface area contributed by atoms with Crippen LogP contribution in [0.3, 0.4) is 0 Å². The lowest BCUT2D eigenvalue weighted by molar-refractivity contribution is -0.210. The molecule has 1 nitrogen and oxygen atoms in total. The van der Waals surface area contributed by atoms with Gasteiger partial charge in [0.2, 0.25) is 0 Å². The fourth-order valence-corrected chi connectivity index (χ4v) is 2.25. The molecule has 1 fully saturated rings. The normalized spacial score (nSPS) is 25.2. The van der Waals surface area contributed by atoms with Crippen LogP contribution in [0.2, 0.25) is 0 Å². The van der Waals surface area contributed by atoms with Crippen molar-refractivity contribution in [2.75, 3.05) is 6.54 Å². The van der Waals surface area contributed by atoms with Crippen molar-refractivity contribution in [2.45, 2.75) is 58.2 Å². The first kappa shape index (κ1) is 12.8. The lowest BCUT2D eigenvalue weighted by Gasteiger charge is -2.44. The molecule has 0 aromatic heterocycles. The Morgan fingerprint density at radius 3 is 1.87 bits per heavy atom. The summed E-state index contributed by atoms with van der Waals surface area (Å²) in [5.74, 6) is 0. The standard InChI is InChI=1S/C11H20F3N/c1-4-15-10(11(12,13)14)7-5-9(2,3)6-8-10/h15H,4-8H2,1-3H3. The van der Waals surface area contributed by atoms with Crippen LogP contribution < -0.4 is 5.32 Å². The zero-order chi connectivity index (χ0) is 11.7. The second kappa shape index (κ2) is 3.96. The highest BCUT2D eigenvalue weighted by atomic mass is 19.4. The van der Waals surface area contributed by atoms with Crippen molar-refractivity contribution in [3.05, 3.63) is 0 Å². The maximum atomic E-state index is 13.0. The Morgan fingerprint density at radius 2 is 1.53 bits per heavy atom. The van der Waals surface area contributed by atoms with Gasteiger partial charge in [0.15, 0.2) is 0 Å². The topological polar surface area (TPSA) is 12.0 Å². The molecule has 0 heterocycles. The Balaban J connectivity index is 2.78. The van der Waals surface area contributed by atoms with Crippen LogP contribution in [0.4, 0.5) is 13.2 Å². The zero-order valence-corrected chi connectivity index (χ0v) is 9.67. The van der Waals surface area contributed by atoms with Crippen molar-refractivity contribution in [3.8, 4) is 0 Å². The molecule has 0 atom stereocenters. The van der Waals surface area contributed by atoms with E-state index in [1.807, 2.05) is 13.8 Å². The van der Waals surface area contributed by atoms with Gasteiger partial charge in [-0.1, -0.05) is 20.8 Å². The summed E-state index contributed by atoms with van der Waals surface area (Å²) in [5.41, 5.74) is -1.57. The fraction of sp³-hybridized carbons (Fsp3) is 1.00. The van der Waals surface area contributed by atoms with Crippen LogP contribution >= 0.6 is 0 Å². The van der Waals surface area contributed by atoms with Gasteiger partial charge >= 0.3 is 6.18 Å². The molecule has 1 N–H and O–H groups in total. The van der Waals surface area contributed by atoms with Crippen molar-refractivity contribution in [2.24, 2.45) is 5.41 Å². The molecule has 0 saturated heterocycles. The van der Waals surface area contributed by atoms with E-state index in [0.717, 1.165) is 0 Å². The van der Waals surface area contributed by atoms with Crippen LogP contribution in [-0.2, 0) is 0 Å². The molecule has 1 rings (SSSR count). The van der Waals surface area contributed by atoms with Gasteiger partial charge in [-0.2, -0.15) is 13.2 Å². The van der Waals surface area contributed by atoms with Crippen LogP contribution in [0, 0.1) is 5.41 Å². The predicted octanol–water partition coefficient (Wildman–Crippen LogP) is 3.50. The highest BCUT2D eigenvalue weighted by Crippen LogP contribution is 2.47. The third kappa shape index (κ3) is 2.65. The average Bonchev–Trinajstić information content (AvgIpc) is 2.07. The quantitative estimate of drug-likeness (QED) is 0.755. The third-order valence-electron chi connectivity index (χ3n) is 3.51. The summed E-state index contributed by atoms with van der Waals surface area (Å²) in [6.07, 6.45) is -2.44. The molecule has 0 aliphatic heterocycles. The van der Waals surface area contributed by atoms with Crippen LogP contribution in [-0.4, -0.2) is 18.3 Å². The molecule has 0 aromatic carbocycles. The van der Waals surface area contributed by atoms with Gasteiger partial charge in [0.05, 0.1) is 0 Å². The SMILES string of the molecule is CCNC1(C(F)(F)F)CCC(C)(C)CC1. The first-order valence-electron chi connectivity index (χ1n) is 5.54. The van der Waals surface area contributed by atoms with Crippen LogP contribution in [0.15, 0.2) is 0 Å². The molecule has 0 amide bonds. The molecular weight excluding hydrogens is 203 g/mol. The van der Waals surface area contributed by atoms with Crippen LogP contribution in [0.5, 0.6) is 0 Å². The molecule has 0 aromatic rings. The van der Waals surface area contributed by atoms with E-state index in [0.29, 0.717) is 19.4 Å². The third-order valence-corrected chi connectivity index (χ3v) is 3.51. The van der Waals surface area contributed by atoms with Gasteiger partial charge in [0, 0.05) is 0 Å². The predicted molar refractivity (Wildman–Crippen MR) is 54.7 cm³/mol. The Labute approximate surface area is 89.4 Å². The summed E-state index contributed by atoms with van der Waals surface area (Å²) in [5, 5.41) is 2.65. The Hall–Kier alpha value is -0.250. The highest BCUT2D eigenvalue weighted by Gasteiger charge is 2.56. The summed E-state index contributed by atoms with van der Waals surface area (Å²) in [6.45, 7) is 6.19. The Morgan fingerprint density at radius 1 is 1.07 bits per heavy atom. The summed E-state index contributed by atoms with van der Waals surface area (Å²) < 4.78 is 38.9. The van der Waals surface area contributed by atoms with Crippen LogP contribution in [0.25, 0.3) is 0 Å². The average molecular weight is 223 g/mol. The van der Waals surface area contributed by atoms with E-state index in [-0.39, 0.29) is 18.3 Å². The zero-order valence-electron chi connectivity index (χ0n) is 9.67. The molecule has 0 bridgehead atoms. The van der Waals surface area contributed by atoms with E-state index in [9.17, 15) is 13.2 Å².